The van der Waals surface area contributed by atoms with Crippen LogP contribution in [0.5, 0.6) is 0 Å². The van der Waals surface area contributed by atoms with Crippen molar-refractivity contribution in [2.24, 2.45) is 23.4 Å². The second-order valence-corrected chi connectivity index (χ2v) is 10.2. The molecule has 0 aromatic heterocycles. The maximum absolute atomic E-state index is 13.7. The summed E-state index contributed by atoms with van der Waals surface area (Å²) in [4.78, 5) is 18.3. The molecule has 31 heavy (non-hydrogen) atoms. The molecule has 2 aliphatic rings. The number of nitrogens with two attached hydrogens (primary N) is 2. The number of rotatable bonds is 9. The largest absolute Gasteiger partial charge is 0.401 e. The zero-order valence-electron chi connectivity index (χ0n) is 19.4. The van der Waals surface area contributed by atoms with Crippen molar-refractivity contribution >= 4 is 17.7 Å². The molecule has 2 atom stereocenters. The Labute approximate surface area is 191 Å². The van der Waals surface area contributed by atoms with Gasteiger partial charge in [-0.15, -0.1) is 0 Å². The highest BCUT2D eigenvalue weighted by Gasteiger charge is 2.38. The summed E-state index contributed by atoms with van der Waals surface area (Å²) in [5, 5.41) is 1.56. The molecule has 170 valence electrons. The van der Waals surface area contributed by atoms with Crippen LogP contribution in [0.1, 0.15) is 58.4 Å². The topological polar surface area (TPSA) is 75.6 Å². The van der Waals surface area contributed by atoms with Crippen molar-refractivity contribution in [2.75, 3.05) is 6.54 Å². The number of thioether (sulfide) groups is 1. The average molecular weight is 443 g/mol. The molecule has 0 radical (unpaired) electrons. The fraction of sp³-hybridized carbons (Fsp3) is 0.560. The number of hydrazine groups is 1. The molecule has 2 unspecified atom stereocenters. The standard InChI is InChI=1S/C25H38N4OS/c1-5-9-23(31-22-12-7-6-10-18(22)4)21-11-8-15-28(21)25(30)24(17(2)3)29(27)16-20(26)19-13-14-19/h6-7,9-10,12,16-17,19,21,24H,5,8,11,13-15,26-27H2,1-4H3/b20-16-,23-9+. The Morgan fingerprint density at radius 2 is 2.00 bits per heavy atom. The normalized spacial score (nSPS) is 21.0. The van der Waals surface area contributed by atoms with Crippen LogP contribution in [0.3, 0.4) is 0 Å². The van der Waals surface area contributed by atoms with Crippen molar-refractivity contribution in [3.8, 4) is 0 Å². The van der Waals surface area contributed by atoms with Crippen LogP contribution in [0.2, 0.25) is 0 Å². The number of aryl methyl sites for hydroxylation is 1. The van der Waals surface area contributed by atoms with Crippen LogP contribution >= 0.6 is 11.8 Å². The molecular weight excluding hydrogens is 404 g/mol. The van der Waals surface area contributed by atoms with Gasteiger partial charge in [0.2, 0.25) is 5.91 Å². The van der Waals surface area contributed by atoms with Gasteiger partial charge in [-0.2, -0.15) is 0 Å². The van der Waals surface area contributed by atoms with E-state index in [1.165, 1.54) is 15.4 Å². The Morgan fingerprint density at radius 1 is 1.29 bits per heavy atom. The second kappa shape index (κ2) is 10.6. The molecule has 1 aromatic carbocycles. The van der Waals surface area contributed by atoms with Gasteiger partial charge in [0.15, 0.2) is 0 Å². The lowest BCUT2D eigenvalue weighted by Crippen LogP contribution is -2.53. The minimum absolute atomic E-state index is 0.0876. The third-order valence-corrected chi connectivity index (χ3v) is 7.50. The third kappa shape index (κ3) is 5.86. The Kier molecular flexibility index (Phi) is 8.11. The fourth-order valence-electron chi connectivity index (χ4n) is 4.27. The highest BCUT2D eigenvalue weighted by Crippen LogP contribution is 2.38. The molecular formula is C25H38N4OS. The molecule has 5 nitrogen and oxygen atoms in total. The van der Waals surface area contributed by atoms with Crippen molar-refractivity contribution < 1.29 is 4.79 Å². The number of likely N-dealkylation sites (tertiary alicyclic amines) is 1. The van der Waals surface area contributed by atoms with Crippen molar-refractivity contribution in [2.45, 2.75) is 76.8 Å². The summed E-state index contributed by atoms with van der Waals surface area (Å²) in [6.07, 6.45) is 9.26. The van der Waals surface area contributed by atoms with Crippen LogP contribution in [0.25, 0.3) is 0 Å². The van der Waals surface area contributed by atoms with Crippen LogP contribution in [0, 0.1) is 18.8 Å². The van der Waals surface area contributed by atoms with Gasteiger partial charge in [-0.3, -0.25) is 4.79 Å². The predicted octanol–water partition coefficient (Wildman–Crippen LogP) is 4.78. The minimum atomic E-state index is -0.413. The Morgan fingerprint density at radius 3 is 2.61 bits per heavy atom. The van der Waals surface area contributed by atoms with E-state index in [9.17, 15) is 4.79 Å². The molecule has 4 N–H and O–H groups in total. The van der Waals surface area contributed by atoms with Gasteiger partial charge in [-0.25, -0.2) is 5.84 Å². The molecule has 6 heteroatoms. The van der Waals surface area contributed by atoms with Gasteiger partial charge < -0.3 is 15.6 Å². The number of hydrogen-bond donors (Lipinski definition) is 2. The average Bonchev–Trinajstić information content (AvgIpc) is 3.46. The predicted molar refractivity (Wildman–Crippen MR) is 130 cm³/mol. The first kappa shape index (κ1) is 23.7. The molecule has 2 fully saturated rings. The molecule has 0 spiro atoms. The lowest BCUT2D eigenvalue weighted by molar-refractivity contribution is -0.137. The first-order valence-electron chi connectivity index (χ1n) is 11.6. The summed E-state index contributed by atoms with van der Waals surface area (Å²) in [5.41, 5.74) is 8.24. The van der Waals surface area contributed by atoms with E-state index < -0.39 is 6.04 Å². The smallest absolute Gasteiger partial charge is 0.247 e. The summed E-state index contributed by atoms with van der Waals surface area (Å²) in [7, 11) is 0. The van der Waals surface area contributed by atoms with Crippen LogP contribution in [-0.2, 0) is 4.79 Å². The lowest BCUT2D eigenvalue weighted by Gasteiger charge is -2.35. The summed E-state index contributed by atoms with van der Waals surface area (Å²) in [6, 6.07) is 8.14. The van der Waals surface area contributed by atoms with E-state index in [1.54, 1.807) is 23.0 Å². The first-order valence-corrected chi connectivity index (χ1v) is 12.4. The Bertz CT molecular complexity index is 831. The number of benzene rings is 1. The van der Waals surface area contributed by atoms with Gasteiger partial charge in [-0.1, -0.05) is 56.8 Å². The van der Waals surface area contributed by atoms with E-state index >= 15 is 0 Å². The number of amides is 1. The van der Waals surface area contributed by atoms with Crippen LogP contribution < -0.4 is 11.6 Å². The first-order chi connectivity index (χ1) is 14.8. The summed E-state index contributed by atoms with van der Waals surface area (Å²) >= 11 is 1.80. The van der Waals surface area contributed by atoms with E-state index in [1.807, 2.05) is 0 Å². The van der Waals surface area contributed by atoms with Gasteiger partial charge in [0.05, 0.1) is 6.04 Å². The quantitative estimate of drug-likeness (QED) is 0.327. The zero-order valence-corrected chi connectivity index (χ0v) is 20.2. The fourth-order valence-corrected chi connectivity index (χ4v) is 5.53. The molecule has 1 heterocycles. The van der Waals surface area contributed by atoms with Gasteiger partial charge in [0.1, 0.15) is 6.04 Å². The summed E-state index contributed by atoms with van der Waals surface area (Å²) < 4.78 is 0. The zero-order chi connectivity index (χ0) is 22.5. The van der Waals surface area contributed by atoms with Gasteiger partial charge in [0, 0.05) is 34.2 Å². The Balaban J connectivity index is 1.81. The van der Waals surface area contributed by atoms with Gasteiger partial charge in [0.25, 0.3) is 0 Å². The van der Waals surface area contributed by atoms with Crippen molar-refractivity contribution in [3.05, 3.63) is 52.7 Å². The van der Waals surface area contributed by atoms with E-state index in [4.69, 9.17) is 11.6 Å². The van der Waals surface area contributed by atoms with E-state index in [0.29, 0.717) is 5.92 Å². The molecule has 1 amide bonds. The maximum atomic E-state index is 13.7. The maximum Gasteiger partial charge on any atom is 0.247 e. The number of nitrogens with zero attached hydrogens (tertiary/aromatic N) is 2. The van der Waals surface area contributed by atoms with Gasteiger partial charge in [-0.05, 0) is 56.6 Å². The van der Waals surface area contributed by atoms with Crippen LogP contribution in [0.15, 0.2) is 52.0 Å². The third-order valence-electron chi connectivity index (χ3n) is 6.14. The molecule has 0 bridgehead atoms. The van der Waals surface area contributed by atoms with Crippen molar-refractivity contribution in [1.29, 1.82) is 0 Å². The monoisotopic (exact) mass is 442 g/mol. The minimum Gasteiger partial charge on any atom is -0.401 e. The SMILES string of the molecule is CC/C=C(/Sc1ccccc1C)C1CCCN1C(=O)C(C(C)C)N(N)/C=C(\N)C1CC1. The van der Waals surface area contributed by atoms with Crippen LogP contribution in [0.4, 0.5) is 0 Å². The molecule has 1 aliphatic carbocycles. The van der Waals surface area contributed by atoms with E-state index in [-0.39, 0.29) is 17.9 Å². The highest BCUT2D eigenvalue weighted by molar-refractivity contribution is 8.03. The number of carbonyl (C=O) groups is 1. The highest BCUT2D eigenvalue weighted by atomic mass is 32.2. The molecule has 1 aromatic rings. The van der Waals surface area contributed by atoms with Gasteiger partial charge >= 0.3 is 0 Å². The summed E-state index contributed by atoms with van der Waals surface area (Å²) in [5.74, 6) is 7.01. The van der Waals surface area contributed by atoms with E-state index in [2.05, 4.69) is 62.9 Å². The second-order valence-electron chi connectivity index (χ2n) is 9.11. The van der Waals surface area contributed by atoms with E-state index in [0.717, 1.165) is 44.3 Å². The molecule has 1 aliphatic heterocycles. The molecule has 3 rings (SSSR count). The molecule has 1 saturated carbocycles. The number of allylic oxidation sites excluding steroid dienone is 2. The summed E-state index contributed by atoms with van der Waals surface area (Å²) in [6.45, 7) is 9.18. The number of hydrogen-bond acceptors (Lipinski definition) is 5. The van der Waals surface area contributed by atoms with Crippen molar-refractivity contribution in [3.63, 3.8) is 0 Å². The Hall–Kier alpha value is -1.92. The lowest BCUT2D eigenvalue weighted by atomic mass is 10.0. The molecule has 1 saturated heterocycles. The van der Waals surface area contributed by atoms with Crippen LogP contribution in [-0.4, -0.2) is 34.4 Å². The number of carbonyl (C=O) groups excluding carboxylic acids is 1. The van der Waals surface area contributed by atoms with Crippen molar-refractivity contribution in [1.82, 2.24) is 9.91 Å².